The van der Waals surface area contributed by atoms with Gasteiger partial charge in [0.1, 0.15) is 23.0 Å². The van der Waals surface area contributed by atoms with Crippen molar-refractivity contribution < 1.29 is 50.1 Å². The van der Waals surface area contributed by atoms with Gasteiger partial charge in [0.05, 0.1) is 19.9 Å². The van der Waals surface area contributed by atoms with Gasteiger partial charge in [0, 0.05) is 66.5 Å². The Bertz CT molecular complexity index is 2060. The molecule has 1 saturated heterocycles. The molecule has 0 saturated carbocycles. The fraction of sp³-hybridized carbons (Fsp3) is 0.265. The number of fused-ring (bicyclic) bond motifs is 1. The number of anilines is 2. The van der Waals surface area contributed by atoms with Crippen LogP contribution in [-0.2, 0) is 30.0 Å². The van der Waals surface area contributed by atoms with E-state index >= 15 is 0 Å². The molecule has 3 heterocycles. The normalized spacial score (nSPS) is 17.7. The number of carbonyl (C=O) groups excluding carboxylic acids is 2. The Balaban J connectivity index is 1.42. The first kappa shape index (κ1) is 35.8. The number of sulfonamides is 1. The molecule has 17 heteroatoms. The Hall–Kier alpha value is -5.06. The molecule has 3 aromatic carbocycles. The molecule has 1 atom stereocenters. The van der Waals surface area contributed by atoms with Gasteiger partial charge < -0.3 is 28.7 Å². The van der Waals surface area contributed by atoms with Gasteiger partial charge in [0.25, 0.3) is 15.9 Å². The van der Waals surface area contributed by atoms with Gasteiger partial charge in [-0.25, -0.2) is 8.42 Å². The number of alkyl halides is 3. The molecule has 0 N–H and O–H groups in total. The Morgan fingerprint density at radius 2 is 1.61 bits per heavy atom. The molecule has 0 bridgehead atoms. The molecule has 2 aliphatic rings. The van der Waals surface area contributed by atoms with Crippen LogP contribution in [0.1, 0.15) is 11.1 Å². The minimum absolute atomic E-state index is 0.0236. The average molecular weight is 747 g/mol. The second-order valence-corrected chi connectivity index (χ2v) is 13.5. The smallest absolute Gasteiger partial charge is 0.497 e. The van der Waals surface area contributed by atoms with Crippen LogP contribution >= 0.6 is 11.6 Å². The highest BCUT2D eigenvalue weighted by molar-refractivity contribution is 7.93. The molecule has 1 unspecified atom stereocenters. The average Bonchev–Trinajstić information content (AvgIpc) is 3.37. The van der Waals surface area contributed by atoms with Gasteiger partial charge in [-0.15, -0.1) is 13.2 Å². The standard InChI is InChI=1S/C34H30ClF3N4O8S/c1-47-24-8-10-30(29(20-24)50-34(36,37)38)51(45,46)42-27-9-7-22(35)19-26(27)33(32(42)44,25-5-3-4-6-28(25)48-2)49-21-31(43)41-17-15-40(16-18-41)23-11-13-39-14-12-23/h3-14,19-20H,15-18,21H2,1-2H3. The zero-order valence-corrected chi connectivity index (χ0v) is 28.7. The number of aromatic nitrogens is 1. The first-order valence-corrected chi connectivity index (χ1v) is 17.2. The number of rotatable bonds is 10. The number of nitrogens with zero attached hydrogens (tertiary/aromatic N) is 4. The van der Waals surface area contributed by atoms with E-state index in [1.165, 1.54) is 44.6 Å². The number of benzene rings is 3. The first-order chi connectivity index (χ1) is 24.3. The van der Waals surface area contributed by atoms with E-state index in [0.29, 0.717) is 30.5 Å². The molecule has 0 radical (unpaired) electrons. The third-order valence-electron chi connectivity index (χ3n) is 8.50. The summed E-state index contributed by atoms with van der Waals surface area (Å²) in [6, 6.07) is 16.3. The molecule has 51 heavy (non-hydrogen) atoms. The predicted molar refractivity (Wildman–Crippen MR) is 179 cm³/mol. The molecule has 6 rings (SSSR count). The van der Waals surface area contributed by atoms with Crippen molar-refractivity contribution in [2.75, 3.05) is 56.2 Å². The Morgan fingerprint density at radius 3 is 2.27 bits per heavy atom. The van der Waals surface area contributed by atoms with Gasteiger partial charge in [-0.05, 0) is 48.5 Å². The van der Waals surface area contributed by atoms with Crippen molar-refractivity contribution in [1.82, 2.24) is 9.88 Å². The molecule has 2 amide bonds. The number of piperazine rings is 1. The van der Waals surface area contributed by atoms with E-state index in [4.69, 9.17) is 25.8 Å². The number of para-hydroxylation sites is 1. The first-order valence-electron chi connectivity index (χ1n) is 15.3. The van der Waals surface area contributed by atoms with E-state index in [9.17, 15) is 31.2 Å². The number of ether oxygens (including phenoxy) is 4. The number of hydrogen-bond donors (Lipinski definition) is 0. The lowest BCUT2D eigenvalue weighted by molar-refractivity contribution is -0.275. The summed E-state index contributed by atoms with van der Waals surface area (Å²) in [6.45, 7) is 0.955. The van der Waals surface area contributed by atoms with Gasteiger partial charge in [-0.1, -0.05) is 29.8 Å². The lowest BCUT2D eigenvalue weighted by Crippen LogP contribution is -2.51. The summed E-state index contributed by atoms with van der Waals surface area (Å²) >= 11 is 6.41. The van der Waals surface area contributed by atoms with Gasteiger partial charge >= 0.3 is 6.36 Å². The zero-order chi connectivity index (χ0) is 36.6. The quantitative estimate of drug-likeness (QED) is 0.219. The highest BCUT2D eigenvalue weighted by Gasteiger charge is 2.59. The third kappa shape index (κ3) is 6.73. The largest absolute Gasteiger partial charge is 0.573 e. The summed E-state index contributed by atoms with van der Waals surface area (Å²) in [5, 5.41) is 0.0766. The second kappa shape index (κ2) is 13.9. The molecular weight excluding hydrogens is 717 g/mol. The number of amides is 2. The van der Waals surface area contributed by atoms with Gasteiger partial charge in [-0.2, -0.15) is 4.31 Å². The summed E-state index contributed by atoms with van der Waals surface area (Å²) in [5.41, 5.74) is -1.77. The maximum absolute atomic E-state index is 14.9. The van der Waals surface area contributed by atoms with Crippen molar-refractivity contribution in [3.8, 4) is 17.2 Å². The van der Waals surface area contributed by atoms with Gasteiger partial charge in [0.2, 0.25) is 11.5 Å². The minimum atomic E-state index is -5.30. The van der Waals surface area contributed by atoms with Crippen molar-refractivity contribution in [3.05, 3.63) is 101 Å². The minimum Gasteiger partial charge on any atom is -0.497 e. The van der Waals surface area contributed by atoms with Crippen LogP contribution < -0.4 is 23.4 Å². The van der Waals surface area contributed by atoms with E-state index in [1.807, 2.05) is 12.1 Å². The number of halogens is 4. The summed E-state index contributed by atoms with van der Waals surface area (Å²) in [6.07, 6.45) is -1.96. The van der Waals surface area contributed by atoms with Gasteiger partial charge in [0.15, 0.2) is 5.75 Å². The molecule has 0 aliphatic carbocycles. The lowest BCUT2D eigenvalue weighted by atomic mass is 9.86. The topological polar surface area (TPSA) is 128 Å². The summed E-state index contributed by atoms with van der Waals surface area (Å²) in [7, 11) is -2.70. The van der Waals surface area contributed by atoms with Crippen LogP contribution in [0.15, 0.2) is 90.1 Å². The van der Waals surface area contributed by atoms with Crippen LogP contribution in [0, 0.1) is 0 Å². The monoisotopic (exact) mass is 746 g/mol. The highest BCUT2D eigenvalue weighted by atomic mass is 35.5. The van der Waals surface area contributed by atoms with Crippen molar-refractivity contribution in [3.63, 3.8) is 0 Å². The molecule has 4 aromatic rings. The molecule has 1 fully saturated rings. The summed E-state index contributed by atoms with van der Waals surface area (Å²) < 4.78 is 90.7. The number of carbonyl (C=O) groups is 2. The molecule has 2 aliphatic heterocycles. The summed E-state index contributed by atoms with van der Waals surface area (Å²) in [5.74, 6) is -2.93. The van der Waals surface area contributed by atoms with Crippen LogP contribution in [0.25, 0.3) is 0 Å². The van der Waals surface area contributed by atoms with E-state index in [0.717, 1.165) is 23.9 Å². The highest BCUT2D eigenvalue weighted by Crippen LogP contribution is 2.52. The van der Waals surface area contributed by atoms with E-state index in [2.05, 4.69) is 14.6 Å². The summed E-state index contributed by atoms with van der Waals surface area (Å²) in [4.78, 5) is 35.3. The molecule has 1 aromatic heterocycles. The number of pyridine rings is 1. The Labute approximate surface area is 295 Å². The molecular formula is C34H30ClF3N4O8S. The fourth-order valence-corrected chi connectivity index (χ4v) is 7.88. The second-order valence-electron chi connectivity index (χ2n) is 11.3. The lowest BCUT2D eigenvalue weighted by Gasteiger charge is -2.37. The van der Waals surface area contributed by atoms with Crippen LogP contribution in [-0.4, -0.2) is 83.5 Å². The predicted octanol–water partition coefficient (Wildman–Crippen LogP) is 5.00. The maximum Gasteiger partial charge on any atom is 0.573 e. The van der Waals surface area contributed by atoms with Crippen LogP contribution in [0.2, 0.25) is 5.02 Å². The third-order valence-corrected chi connectivity index (χ3v) is 10.5. The van der Waals surface area contributed by atoms with Crippen molar-refractivity contribution in [1.29, 1.82) is 0 Å². The van der Waals surface area contributed by atoms with E-state index in [-0.39, 0.29) is 33.3 Å². The van der Waals surface area contributed by atoms with Crippen LogP contribution in [0.5, 0.6) is 17.2 Å². The van der Waals surface area contributed by atoms with E-state index < -0.39 is 51.1 Å². The van der Waals surface area contributed by atoms with Gasteiger partial charge in [-0.3, -0.25) is 14.6 Å². The van der Waals surface area contributed by atoms with Crippen LogP contribution in [0.4, 0.5) is 24.5 Å². The molecule has 12 nitrogen and oxygen atoms in total. The molecule has 268 valence electrons. The number of methoxy groups -OCH3 is 2. The number of hydrogen-bond acceptors (Lipinski definition) is 10. The molecule has 0 spiro atoms. The van der Waals surface area contributed by atoms with Crippen molar-refractivity contribution in [2.45, 2.75) is 16.9 Å². The fourth-order valence-electron chi connectivity index (χ4n) is 6.15. The SMILES string of the molecule is COc1ccc(S(=O)(=O)N2C(=O)C(OCC(=O)N3CCN(c4ccncc4)CC3)(c3ccccc3OC)c3cc(Cl)ccc32)c(OC(F)(F)F)c1. The van der Waals surface area contributed by atoms with Crippen molar-refractivity contribution >= 4 is 44.8 Å². The van der Waals surface area contributed by atoms with Crippen LogP contribution in [0.3, 0.4) is 0 Å². The van der Waals surface area contributed by atoms with Crippen molar-refractivity contribution in [2.24, 2.45) is 0 Å². The van der Waals surface area contributed by atoms with E-state index in [1.54, 1.807) is 29.4 Å². The maximum atomic E-state index is 14.9. The Kier molecular flexibility index (Phi) is 9.76. The Morgan fingerprint density at radius 1 is 0.902 bits per heavy atom. The zero-order valence-electron chi connectivity index (χ0n) is 27.1.